The van der Waals surface area contributed by atoms with E-state index in [4.69, 9.17) is 14.2 Å². The summed E-state index contributed by atoms with van der Waals surface area (Å²) < 4.78 is 16.1. The molecule has 156 valence electrons. The lowest BCUT2D eigenvalue weighted by molar-refractivity contribution is -0.385. The number of nitrogens with zero attached hydrogens (tertiary/aromatic N) is 1. The Labute approximate surface area is 173 Å². The molecule has 3 aromatic rings. The minimum atomic E-state index is -0.619. The predicted octanol–water partition coefficient (Wildman–Crippen LogP) is 4.09. The third-order valence-corrected chi connectivity index (χ3v) is 4.67. The van der Waals surface area contributed by atoms with Crippen LogP contribution >= 0.6 is 0 Å². The van der Waals surface area contributed by atoms with Crippen LogP contribution in [0.15, 0.2) is 48.5 Å². The van der Waals surface area contributed by atoms with E-state index in [1.54, 1.807) is 14.0 Å². The maximum absolute atomic E-state index is 12.9. The Morgan fingerprint density at radius 2 is 1.77 bits per heavy atom. The van der Waals surface area contributed by atoms with Crippen LogP contribution in [0.1, 0.15) is 22.8 Å². The van der Waals surface area contributed by atoms with Gasteiger partial charge in [-0.25, -0.2) is 0 Å². The number of methoxy groups -OCH3 is 2. The molecule has 8 nitrogen and oxygen atoms in total. The van der Waals surface area contributed by atoms with Crippen molar-refractivity contribution in [1.29, 1.82) is 0 Å². The molecular weight excluding hydrogens is 388 g/mol. The molecule has 3 aromatic carbocycles. The van der Waals surface area contributed by atoms with Crippen LogP contribution in [0.25, 0.3) is 10.8 Å². The number of hydrogen-bond acceptors (Lipinski definition) is 6. The number of fused-ring (bicyclic) bond motifs is 1. The fourth-order valence-electron chi connectivity index (χ4n) is 3.26. The summed E-state index contributed by atoms with van der Waals surface area (Å²) in [4.78, 5) is 23.8. The highest BCUT2D eigenvalue weighted by atomic mass is 16.6. The Morgan fingerprint density at radius 3 is 2.43 bits per heavy atom. The van der Waals surface area contributed by atoms with E-state index in [1.165, 1.54) is 19.2 Å². The molecule has 0 aromatic heterocycles. The highest BCUT2D eigenvalue weighted by molar-refractivity contribution is 5.99. The molecule has 0 fully saturated rings. The molecule has 0 radical (unpaired) electrons. The van der Waals surface area contributed by atoms with E-state index in [1.807, 2.05) is 36.4 Å². The van der Waals surface area contributed by atoms with Gasteiger partial charge in [-0.3, -0.25) is 14.9 Å². The molecular formula is C22H22N2O6. The van der Waals surface area contributed by atoms with Gasteiger partial charge in [0.1, 0.15) is 11.3 Å². The topological polar surface area (TPSA) is 99.9 Å². The first kappa shape index (κ1) is 20.9. The minimum absolute atomic E-state index is 0.108. The summed E-state index contributed by atoms with van der Waals surface area (Å²) in [6.45, 7) is 2.23. The second-order valence-electron chi connectivity index (χ2n) is 6.36. The second-order valence-corrected chi connectivity index (χ2v) is 6.36. The standard InChI is InChI=1S/C22H22N2O6/c1-4-30-21-11-16(18(24(26)27)12-20(21)29-3)22(25)23-13-17-15-8-6-5-7-14(15)9-10-19(17)28-2/h5-12H,4,13H2,1-3H3,(H,23,25). The lowest BCUT2D eigenvalue weighted by Gasteiger charge is -2.14. The van der Waals surface area contributed by atoms with Gasteiger partial charge in [0.05, 0.1) is 31.8 Å². The van der Waals surface area contributed by atoms with Crippen LogP contribution in [0.3, 0.4) is 0 Å². The zero-order valence-electron chi connectivity index (χ0n) is 16.9. The first-order valence-corrected chi connectivity index (χ1v) is 9.32. The zero-order valence-corrected chi connectivity index (χ0v) is 16.9. The smallest absolute Gasteiger partial charge is 0.286 e. The first-order chi connectivity index (χ1) is 14.5. The number of amides is 1. The van der Waals surface area contributed by atoms with Crippen molar-refractivity contribution in [2.24, 2.45) is 0 Å². The monoisotopic (exact) mass is 410 g/mol. The van der Waals surface area contributed by atoms with Gasteiger partial charge in [-0.05, 0) is 23.8 Å². The van der Waals surface area contributed by atoms with Gasteiger partial charge in [0.15, 0.2) is 11.5 Å². The third-order valence-electron chi connectivity index (χ3n) is 4.67. The largest absolute Gasteiger partial charge is 0.496 e. The average molecular weight is 410 g/mol. The molecule has 0 saturated heterocycles. The number of benzene rings is 3. The van der Waals surface area contributed by atoms with Crippen molar-refractivity contribution in [3.8, 4) is 17.2 Å². The van der Waals surface area contributed by atoms with Crippen molar-refractivity contribution in [1.82, 2.24) is 5.32 Å². The molecule has 0 spiro atoms. The number of rotatable bonds is 8. The quantitative estimate of drug-likeness (QED) is 0.443. The van der Waals surface area contributed by atoms with Crippen molar-refractivity contribution < 1.29 is 23.9 Å². The van der Waals surface area contributed by atoms with Crippen molar-refractivity contribution in [3.63, 3.8) is 0 Å². The predicted molar refractivity (Wildman–Crippen MR) is 112 cm³/mol. The molecule has 1 amide bonds. The summed E-state index contributed by atoms with van der Waals surface area (Å²) >= 11 is 0. The van der Waals surface area contributed by atoms with Crippen molar-refractivity contribution in [3.05, 3.63) is 69.8 Å². The van der Waals surface area contributed by atoms with Crippen LogP contribution in [0, 0.1) is 10.1 Å². The Bertz CT molecular complexity index is 1100. The number of nitro benzene ring substituents is 1. The SMILES string of the molecule is CCOc1cc(C(=O)NCc2c(OC)ccc3ccccc23)c([N+](=O)[O-])cc1OC. The molecule has 0 aliphatic rings. The molecule has 0 unspecified atom stereocenters. The number of carbonyl (C=O) groups excluding carboxylic acids is 1. The van der Waals surface area contributed by atoms with Crippen LogP contribution in [0.4, 0.5) is 5.69 Å². The van der Waals surface area contributed by atoms with Crippen molar-refractivity contribution >= 4 is 22.4 Å². The fraction of sp³-hybridized carbons (Fsp3) is 0.227. The maximum Gasteiger partial charge on any atom is 0.286 e. The van der Waals surface area contributed by atoms with E-state index in [9.17, 15) is 14.9 Å². The molecule has 0 bridgehead atoms. The summed E-state index contributed by atoms with van der Waals surface area (Å²) in [5.74, 6) is 0.475. The maximum atomic E-state index is 12.9. The number of nitrogens with one attached hydrogen (secondary N) is 1. The Kier molecular flexibility index (Phi) is 6.36. The Hall–Kier alpha value is -3.81. The van der Waals surface area contributed by atoms with E-state index >= 15 is 0 Å². The molecule has 0 heterocycles. The van der Waals surface area contributed by atoms with Crippen LogP contribution in [0.2, 0.25) is 0 Å². The minimum Gasteiger partial charge on any atom is -0.496 e. The van der Waals surface area contributed by atoms with E-state index in [-0.39, 0.29) is 29.3 Å². The second kappa shape index (κ2) is 9.13. The van der Waals surface area contributed by atoms with Crippen molar-refractivity contribution in [2.75, 3.05) is 20.8 Å². The zero-order chi connectivity index (χ0) is 21.7. The Balaban J connectivity index is 1.96. The molecule has 0 aliphatic carbocycles. The summed E-state index contributed by atoms with van der Waals surface area (Å²) in [5.41, 5.74) is 0.311. The summed E-state index contributed by atoms with van der Waals surface area (Å²) in [7, 11) is 2.94. The number of hydrogen-bond donors (Lipinski definition) is 1. The molecule has 0 atom stereocenters. The van der Waals surface area contributed by atoms with E-state index in [2.05, 4.69) is 5.32 Å². The molecule has 30 heavy (non-hydrogen) atoms. The Morgan fingerprint density at radius 1 is 1.03 bits per heavy atom. The molecule has 1 N–H and O–H groups in total. The van der Waals surface area contributed by atoms with E-state index in [0.717, 1.165) is 16.3 Å². The van der Waals surface area contributed by atoms with Crippen molar-refractivity contribution in [2.45, 2.75) is 13.5 Å². The van der Waals surface area contributed by atoms with Gasteiger partial charge < -0.3 is 19.5 Å². The fourth-order valence-corrected chi connectivity index (χ4v) is 3.26. The average Bonchev–Trinajstić information content (AvgIpc) is 2.76. The molecule has 8 heteroatoms. The van der Waals surface area contributed by atoms with Crippen LogP contribution in [-0.4, -0.2) is 31.7 Å². The van der Waals surface area contributed by atoms with Gasteiger partial charge >= 0.3 is 0 Å². The number of nitro groups is 1. The van der Waals surface area contributed by atoms with Gasteiger partial charge in [-0.1, -0.05) is 30.3 Å². The summed E-state index contributed by atoms with van der Waals surface area (Å²) in [5, 5.41) is 16.2. The highest BCUT2D eigenvalue weighted by Crippen LogP contribution is 2.35. The highest BCUT2D eigenvalue weighted by Gasteiger charge is 2.25. The van der Waals surface area contributed by atoms with E-state index in [0.29, 0.717) is 12.4 Å². The first-order valence-electron chi connectivity index (χ1n) is 9.32. The van der Waals surface area contributed by atoms with Gasteiger partial charge in [-0.15, -0.1) is 0 Å². The number of ether oxygens (including phenoxy) is 3. The van der Waals surface area contributed by atoms with Crippen LogP contribution in [-0.2, 0) is 6.54 Å². The molecule has 0 aliphatic heterocycles. The normalized spacial score (nSPS) is 10.5. The summed E-state index contributed by atoms with van der Waals surface area (Å²) in [6, 6.07) is 14.0. The van der Waals surface area contributed by atoms with Gasteiger partial charge in [-0.2, -0.15) is 0 Å². The lowest BCUT2D eigenvalue weighted by atomic mass is 10.0. The van der Waals surface area contributed by atoms with Crippen LogP contribution in [0.5, 0.6) is 17.2 Å². The van der Waals surface area contributed by atoms with Gasteiger partial charge in [0.25, 0.3) is 11.6 Å². The molecule has 3 rings (SSSR count). The summed E-state index contributed by atoms with van der Waals surface area (Å²) in [6.07, 6.45) is 0. The van der Waals surface area contributed by atoms with Gasteiger partial charge in [0, 0.05) is 18.2 Å². The van der Waals surface area contributed by atoms with Crippen LogP contribution < -0.4 is 19.5 Å². The third kappa shape index (κ3) is 4.12. The van der Waals surface area contributed by atoms with E-state index < -0.39 is 10.8 Å². The lowest BCUT2D eigenvalue weighted by Crippen LogP contribution is -2.24. The molecule has 0 saturated carbocycles. The van der Waals surface area contributed by atoms with Gasteiger partial charge in [0.2, 0.25) is 0 Å². The number of carbonyl (C=O) groups is 1.